The first kappa shape index (κ1) is 15.8. The summed E-state index contributed by atoms with van der Waals surface area (Å²) in [6.45, 7) is 3.38. The number of likely N-dealkylation sites (tertiary alicyclic amines) is 1. The smallest absolute Gasteiger partial charge is 0.223 e. The average molecular weight is 324 g/mol. The van der Waals surface area contributed by atoms with Gasteiger partial charge in [0.2, 0.25) is 5.95 Å². The first-order valence-corrected chi connectivity index (χ1v) is 8.85. The lowest BCUT2D eigenvalue weighted by Crippen LogP contribution is -2.56. The lowest BCUT2D eigenvalue weighted by atomic mass is 9.79. The highest BCUT2D eigenvalue weighted by atomic mass is 35.5. The molecule has 3 N–H and O–H groups in total. The van der Waals surface area contributed by atoms with Crippen molar-refractivity contribution in [2.24, 2.45) is 0 Å². The third-order valence-electron chi connectivity index (χ3n) is 5.12. The van der Waals surface area contributed by atoms with Crippen LogP contribution in [0.1, 0.15) is 51.4 Å². The number of nitrogens with zero attached hydrogens (tertiary/aromatic N) is 3. The zero-order valence-corrected chi connectivity index (χ0v) is 13.9. The minimum absolute atomic E-state index is 0.227. The molecule has 2 fully saturated rings. The fraction of sp³-hybridized carbons (Fsp3) is 0.750. The Bertz CT molecular complexity index is 475. The van der Waals surface area contributed by atoms with Gasteiger partial charge < -0.3 is 11.1 Å². The SMILES string of the molecule is Nc1nc(Cl)cc(NCC2(N3CCCCC3)CCCCC2)n1. The predicted molar refractivity (Wildman–Crippen MR) is 91.2 cm³/mol. The summed E-state index contributed by atoms with van der Waals surface area (Å²) in [6.07, 6.45) is 10.6. The van der Waals surface area contributed by atoms with Gasteiger partial charge in [0.1, 0.15) is 11.0 Å². The van der Waals surface area contributed by atoms with Gasteiger partial charge in [-0.3, -0.25) is 4.90 Å². The quantitative estimate of drug-likeness (QED) is 0.832. The number of halogens is 1. The van der Waals surface area contributed by atoms with Crippen LogP contribution in [-0.4, -0.2) is 40.0 Å². The number of hydrogen-bond acceptors (Lipinski definition) is 5. The third-order valence-corrected chi connectivity index (χ3v) is 5.32. The second-order valence-electron chi connectivity index (χ2n) is 6.62. The fourth-order valence-corrected chi connectivity index (χ4v) is 4.15. The van der Waals surface area contributed by atoms with Crippen LogP contribution in [0.3, 0.4) is 0 Å². The molecular formula is C16H26ClN5. The molecule has 0 atom stereocenters. The molecule has 22 heavy (non-hydrogen) atoms. The van der Waals surface area contributed by atoms with Crippen LogP contribution in [0, 0.1) is 0 Å². The van der Waals surface area contributed by atoms with Crippen molar-refractivity contribution in [2.75, 3.05) is 30.7 Å². The molecule has 3 rings (SSSR count). The predicted octanol–water partition coefficient (Wildman–Crippen LogP) is 3.31. The van der Waals surface area contributed by atoms with Gasteiger partial charge in [-0.15, -0.1) is 0 Å². The maximum Gasteiger partial charge on any atom is 0.223 e. The summed E-state index contributed by atoms with van der Waals surface area (Å²) in [5.74, 6) is 0.963. The molecule has 1 saturated carbocycles. The van der Waals surface area contributed by atoms with Crippen LogP contribution < -0.4 is 11.1 Å². The molecule has 1 saturated heterocycles. The number of piperidine rings is 1. The lowest BCUT2D eigenvalue weighted by molar-refractivity contribution is 0.0437. The summed E-state index contributed by atoms with van der Waals surface area (Å²) in [7, 11) is 0. The zero-order valence-electron chi connectivity index (χ0n) is 13.2. The van der Waals surface area contributed by atoms with Gasteiger partial charge >= 0.3 is 0 Å². The highest BCUT2D eigenvalue weighted by molar-refractivity contribution is 6.29. The Hall–Kier alpha value is -1.07. The normalized spacial score (nSPS) is 22.4. The second-order valence-corrected chi connectivity index (χ2v) is 7.01. The van der Waals surface area contributed by atoms with E-state index in [-0.39, 0.29) is 11.5 Å². The molecule has 0 spiro atoms. The standard InChI is InChI=1S/C16H26ClN5/c17-13-11-14(21-15(18)20-13)19-12-16(7-3-1-4-8-16)22-9-5-2-6-10-22/h11H,1-10,12H2,(H3,18,19,20,21). The van der Waals surface area contributed by atoms with E-state index in [1.807, 2.05) is 0 Å². The fourth-order valence-electron chi connectivity index (χ4n) is 3.96. The zero-order chi connectivity index (χ0) is 15.4. The van der Waals surface area contributed by atoms with Crippen LogP contribution in [0.5, 0.6) is 0 Å². The Morgan fingerprint density at radius 2 is 1.77 bits per heavy atom. The Morgan fingerprint density at radius 3 is 2.45 bits per heavy atom. The number of nitrogens with two attached hydrogens (primary N) is 1. The highest BCUT2D eigenvalue weighted by Gasteiger charge is 2.38. The van der Waals surface area contributed by atoms with Crippen LogP contribution in [0.15, 0.2) is 6.07 Å². The van der Waals surface area contributed by atoms with E-state index in [0.29, 0.717) is 5.15 Å². The number of nitrogens with one attached hydrogen (secondary N) is 1. The van der Waals surface area contributed by atoms with Gasteiger partial charge in [-0.25, -0.2) is 4.98 Å². The summed E-state index contributed by atoms with van der Waals surface area (Å²) in [4.78, 5) is 10.9. The number of aromatic nitrogens is 2. The van der Waals surface area contributed by atoms with E-state index in [1.54, 1.807) is 6.07 Å². The van der Waals surface area contributed by atoms with E-state index in [0.717, 1.165) is 12.4 Å². The molecule has 122 valence electrons. The van der Waals surface area contributed by atoms with Gasteiger partial charge in [-0.1, -0.05) is 37.3 Å². The molecule has 0 aromatic carbocycles. The molecule has 0 radical (unpaired) electrons. The number of rotatable bonds is 4. The van der Waals surface area contributed by atoms with Gasteiger partial charge in [0.05, 0.1) is 0 Å². The monoisotopic (exact) mass is 323 g/mol. The average Bonchev–Trinajstić information content (AvgIpc) is 2.54. The van der Waals surface area contributed by atoms with Crippen LogP contribution in [-0.2, 0) is 0 Å². The first-order valence-electron chi connectivity index (χ1n) is 8.47. The molecule has 6 heteroatoms. The van der Waals surface area contributed by atoms with Gasteiger partial charge in [-0.2, -0.15) is 4.98 Å². The molecule has 1 aliphatic heterocycles. The van der Waals surface area contributed by atoms with E-state index in [9.17, 15) is 0 Å². The molecule has 2 aliphatic rings. The third kappa shape index (κ3) is 3.63. The Labute approximate surface area is 137 Å². The van der Waals surface area contributed by atoms with Crippen molar-refractivity contribution < 1.29 is 0 Å². The minimum Gasteiger partial charge on any atom is -0.368 e. The lowest BCUT2D eigenvalue weighted by Gasteiger charge is -2.48. The van der Waals surface area contributed by atoms with E-state index in [2.05, 4.69) is 20.2 Å². The maximum absolute atomic E-state index is 5.97. The summed E-state index contributed by atoms with van der Waals surface area (Å²) in [5.41, 5.74) is 5.96. The largest absolute Gasteiger partial charge is 0.368 e. The van der Waals surface area contributed by atoms with Crippen LogP contribution in [0.4, 0.5) is 11.8 Å². The molecule has 1 aromatic rings. The van der Waals surface area contributed by atoms with Crippen LogP contribution in [0.25, 0.3) is 0 Å². The van der Waals surface area contributed by atoms with Crippen molar-refractivity contribution in [3.63, 3.8) is 0 Å². The van der Waals surface area contributed by atoms with Crippen molar-refractivity contribution in [3.05, 3.63) is 11.2 Å². The van der Waals surface area contributed by atoms with Gasteiger partial charge in [0, 0.05) is 18.2 Å². The van der Waals surface area contributed by atoms with E-state index >= 15 is 0 Å². The number of anilines is 2. The van der Waals surface area contributed by atoms with Gasteiger partial charge in [0.15, 0.2) is 0 Å². The Balaban J connectivity index is 1.72. The molecule has 0 unspecified atom stereocenters. The molecule has 2 heterocycles. The molecule has 0 bridgehead atoms. The van der Waals surface area contributed by atoms with Crippen molar-refractivity contribution >= 4 is 23.4 Å². The van der Waals surface area contributed by atoms with E-state index < -0.39 is 0 Å². The highest BCUT2D eigenvalue weighted by Crippen LogP contribution is 2.35. The van der Waals surface area contributed by atoms with Crippen molar-refractivity contribution in [1.82, 2.24) is 14.9 Å². The van der Waals surface area contributed by atoms with E-state index in [1.165, 1.54) is 64.5 Å². The Morgan fingerprint density at radius 1 is 1.09 bits per heavy atom. The van der Waals surface area contributed by atoms with Crippen molar-refractivity contribution in [3.8, 4) is 0 Å². The Kier molecular flexibility index (Phi) is 5.03. The molecule has 1 aromatic heterocycles. The number of hydrogen-bond donors (Lipinski definition) is 2. The molecule has 5 nitrogen and oxygen atoms in total. The molecular weight excluding hydrogens is 298 g/mol. The second kappa shape index (κ2) is 7.01. The summed E-state index contributed by atoms with van der Waals surface area (Å²) >= 11 is 5.97. The van der Waals surface area contributed by atoms with Crippen LogP contribution >= 0.6 is 11.6 Å². The minimum atomic E-state index is 0.227. The maximum atomic E-state index is 5.97. The van der Waals surface area contributed by atoms with E-state index in [4.69, 9.17) is 17.3 Å². The first-order chi connectivity index (χ1) is 10.7. The molecule has 1 aliphatic carbocycles. The number of nitrogen functional groups attached to an aromatic ring is 1. The molecule has 0 amide bonds. The van der Waals surface area contributed by atoms with Gasteiger partial charge in [0.25, 0.3) is 0 Å². The summed E-state index contributed by atoms with van der Waals surface area (Å²) < 4.78 is 0. The van der Waals surface area contributed by atoms with Crippen LogP contribution in [0.2, 0.25) is 5.15 Å². The topological polar surface area (TPSA) is 67.1 Å². The summed E-state index contributed by atoms with van der Waals surface area (Å²) in [5, 5.41) is 3.87. The van der Waals surface area contributed by atoms with Gasteiger partial charge in [-0.05, 0) is 38.8 Å². The van der Waals surface area contributed by atoms with Crippen molar-refractivity contribution in [2.45, 2.75) is 56.9 Å². The summed E-state index contributed by atoms with van der Waals surface area (Å²) in [6, 6.07) is 1.75. The van der Waals surface area contributed by atoms with Crippen molar-refractivity contribution in [1.29, 1.82) is 0 Å².